The van der Waals surface area contributed by atoms with Gasteiger partial charge in [-0.25, -0.2) is 4.39 Å². The summed E-state index contributed by atoms with van der Waals surface area (Å²) < 4.78 is 30.2. The van der Waals surface area contributed by atoms with Crippen molar-refractivity contribution < 1.29 is 53.4 Å². The fourth-order valence-corrected chi connectivity index (χ4v) is 7.31. The number of amides is 1. The first-order valence-corrected chi connectivity index (χ1v) is 16.9. The minimum Gasteiger partial charge on any atom is -0.462 e. The van der Waals surface area contributed by atoms with Gasteiger partial charge in [-0.2, -0.15) is 0 Å². The molecule has 50 heavy (non-hydrogen) atoms. The van der Waals surface area contributed by atoms with Crippen LogP contribution in [0.2, 0.25) is 0 Å². The number of Topliss-reactive ketones (excluding diaryl/α,β-unsaturated/α-hetero) is 1. The standard InChI is InChI=1S/C35H39Cl2FN2O10/c1-17(42)48-20-8-9-23-21(13-20)35(2,28-24(40-23)14-22(36)30(44)29(28)37)11-5-3-4-6-27(43)39-19-7-10-25(18(12-19)15-38)49-34-33(47)32(46)31(45)26(16-41)50-34/h7-10,12-14,24,26,31-34,40-41,45-47H,3-6,11,15-16H2,1-2H3,(H,39,43)/t24?,26-,31+,32+,33-,34?,35?/m1/s1. The summed E-state index contributed by atoms with van der Waals surface area (Å²) in [6.07, 6.45) is -3.37. The average molecular weight is 738 g/mol. The topological polar surface area (TPSA) is 184 Å². The van der Waals surface area contributed by atoms with Gasteiger partial charge in [-0.3, -0.25) is 14.4 Å². The van der Waals surface area contributed by atoms with Gasteiger partial charge < -0.3 is 45.3 Å². The molecule has 1 aliphatic carbocycles. The number of rotatable bonds is 12. The van der Waals surface area contributed by atoms with Crippen molar-refractivity contribution in [3.63, 3.8) is 0 Å². The van der Waals surface area contributed by atoms with E-state index in [-0.39, 0.29) is 33.7 Å². The van der Waals surface area contributed by atoms with E-state index in [9.17, 15) is 39.2 Å². The zero-order valence-electron chi connectivity index (χ0n) is 27.3. The lowest BCUT2D eigenvalue weighted by molar-refractivity contribution is -0.277. The lowest BCUT2D eigenvalue weighted by atomic mass is 9.65. The number of aliphatic hydroxyl groups is 4. The fraction of sp³-hybridized carbons (Fsp3) is 0.457. The maximum Gasteiger partial charge on any atom is 0.308 e. The van der Waals surface area contributed by atoms with Crippen molar-refractivity contribution in [2.45, 2.75) is 94.8 Å². The van der Waals surface area contributed by atoms with Crippen LogP contribution in [0, 0.1) is 0 Å². The van der Waals surface area contributed by atoms with Crippen LogP contribution < -0.4 is 20.1 Å². The van der Waals surface area contributed by atoms with Crippen molar-refractivity contribution >= 4 is 52.2 Å². The molecule has 0 radical (unpaired) electrons. The Balaban J connectivity index is 1.20. The van der Waals surface area contributed by atoms with Gasteiger partial charge in [-0.15, -0.1) is 0 Å². The Morgan fingerprint density at radius 1 is 1.06 bits per heavy atom. The highest BCUT2D eigenvalue weighted by Crippen LogP contribution is 2.51. The molecule has 0 saturated carbocycles. The quantitative estimate of drug-likeness (QED) is 0.105. The number of alkyl halides is 1. The van der Waals surface area contributed by atoms with Crippen molar-refractivity contribution in [1.82, 2.24) is 0 Å². The van der Waals surface area contributed by atoms with Crippen LogP contribution in [0.5, 0.6) is 11.5 Å². The molecule has 5 rings (SSSR count). The van der Waals surface area contributed by atoms with Gasteiger partial charge in [0, 0.05) is 35.7 Å². The SMILES string of the molecule is CC(=O)Oc1ccc2c(c1)C(C)(CCCCCC(=O)Nc1ccc(OC3O[C@H](CO)[C@H](O)[C@H](O)[C@H]3O)c(CF)c1)C1=C(Cl)C(=O)C(Cl)=CC1N2. The normalized spacial score (nSPS) is 27.5. The van der Waals surface area contributed by atoms with Gasteiger partial charge in [-0.05, 0) is 66.5 Å². The van der Waals surface area contributed by atoms with Gasteiger partial charge in [-0.1, -0.05) is 43.0 Å². The number of ether oxygens (including phenoxy) is 3. The van der Waals surface area contributed by atoms with Crippen LogP contribution in [-0.2, 0) is 31.2 Å². The van der Waals surface area contributed by atoms with Crippen molar-refractivity contribution in [3.05, 3.63) is 69.2 Å². The largest absolute Gasteiger partial charge is 0.462 e. The maximum atomic E-state index is 14.0. The van der Waals surface area contributed by atoms with E-state index in [1.165, 1.54) is 25.1 Å². The molecule has 3 aliphatic rings. The minimum absolute atomic E-state index is 0.0160. The number of aliphatic hydroxyl groups excluding tert-OH is 4. The molecule has 2 aliphatic heterocycles. The summed E-state index contributed by atoms with van der Waals surface area (Å²) in [6.45, 7) is 1.67. The van der Waals surface area contributed by atoms with E-state index in [4.69, 9.17) is 37.4 Å². The van der Waals surface area contributed by atoms with Gasteiger partial charge in [0.15, 0.2) is 0 Å². The first kappa shape index (κ1) is 37.7. The number of allylic oxidation sites excluding steroid dienone is 2. The van der Waals surface area contributed by atoms with Crippen molar-refractivity contribution in [2.24, 2.45) is 0 Å². The number of unbranched alkanes of at least 4 members (excludes halogenated alkanes) is 2. The van der Waals surface area contributed by atoms with E-state index < -0.39 is 67.2 Å². The summed E-state index contributed by atoms with van der Waals surface area (Å²) in [7, 11) is 0. The van der Waals surface area contributed by atoms with Gasteiger partial charge in [0.2, 0.25) is 18.0 Å². The molecule has 6 N–H and O–H groups in total. The fourth-order valence-electron chi connectivity index (χ4n) is 6.62. The van der Waals surface area contributed by atoms with Crippen molar-refractivity contribution in [2.75, 3.05) is 17.2 Å². The molecular formula is C35H39Cl2FN2O10. The third kappa shape index (κ3) is 7.84. The van der Waals surface area contributed by atoms with Gasteiger partial charge in [0.1, 0.15) is 42.6 Å². The Bertz CT molecular complexity index is 1700. The minimum atomic E-state index is -1.67. The first-order valence-electron chi connectivity index (χ1n) is 16.1. The third-order valence-electron chi connectivity index (χ3n) is 9.19. The number of halogens is 3. The number of fused-ring (bicyclic) bond motifs is 2. The molecule has 2 aromatic carbocycles. The Labute approximate surface area is 297 Å². The molecule has 3 unspecified atom stereocenters. The van der Waals surface area contributed by atoms with E-state index >= 15 is 0 Å². The Morgan fingerprint density at radius 3 is 2.52 bits per heavy atom. The highest BCUT2D eigenvalue weighted by molar-refractivity contribution is 6.55. The molecule has 270 valence electrons. The molecule has 1 saturated heterocycles. The maximum absolute atomic E-state index is 14.0. The number of nitrogens with one attached hydrogen (secondary N) is 2. The summed E-state index contributed by atoms with van der Waals surface area (Å²) in [5.41, 5.74) is 1.88. The number of carbonyl (C=O) groups is 3. The van der Waals surface area contributed by atoms with Crippen LogP contribution >= 0.6 is 23.2 Å². The van der Waals surface area contributed by atoms with Crippen LogP contribution in [0.25, 0.3) is 0 Å². The molecular weight excluding hydrogens is 698 g/mol. The van der Waals surface area contributed by atoms with E-state index in [0.29, 0.717) is 42.7 Å². The van der Waals surface area contributed by atoms with E-state index in [2.05, 4.69) is 10.6 Å². The number of carbonyl (C=O) groups excluding carboxylic acids is 3. The smallest absolute Gasteiger partial charge is 0.308 e. The zero-order chi connectivity index (χ0) is 36.3. The molecule has 2 aromatic rings. The lowest BCUT2D eigenvalue weighted by Crippen LogP contribution is -2.60. The second kappa shape index (κ2) is 15.8. The molecule has 1 fully saturated rings. The predicted molar refractivity (Wildman–Crippen MR) is 182 cm³/mol. The van der Waals surface area contributed by atoms with Crippen molar-refractivity contribution in [1.29, 1.82) is 0 Å². The van der Waals surface area contributed by atoms with Crippen LogP contribution in [-0.4, -0.2) is 81.4 Å². The molecule has 15 heteroatoms. The summed E-state index contributed by atoms with van der Waals surface area (Å²) in [5.74, 6) is -0.892. The predicted octanol–water partition coefficient (Wildman–Crippen LogP) is 4.10. The number of hydrogen-bond donors (Lipinski definition) is 6. The zero-order valence-corrected chi connectivity index (χ0v) is 28.8. The van der Waals surface area contributed by atoms with Gasteiger partial charge in [0.25, 0.3) is 0 Å². The van der Waals surface area contributed by atoms with Crippen LogP contribution in [0.1, 0.15) is 57.1 Å². The van der Waals surface area contributed by atoms with Crippen LogP contribution in [0.4, 0.5) is 15.8 Å². The molecule has 2 heterocycles. The second-order valence-corrected chi connectivity index (χ2v) is 13.5. The number of anilines is 2. The Kier molecular flexibility index (Phi) is 11.9. The number of esters is 1. The van der Waals surface area contributed by atoms with Crippen molar-refractivity contribution in [3.8, 4) is 11.5 Å². The lowest BCUT2D eigenvalue weighted by Gasteiger charge is -2.45. The highest BCUT2D eigenvalue weighted by Gasteiger charge is 2.46. The van der Waals surface area contributed by atoms with Crippen LogP contribution in [0.15, 0.2) is 58.1 Å². The summed E-state index contributed by atoms with van der Waals surface area (Å²) in [4.78, 5) is 37.3. The van der Waals surface area contributed by atoms with E-state index in [1.54, 1.807) is 24.3 Å². The average Bonchev–Trinajstić information content (AvgIpc) is 3.07. The molecule has 0 aromatic heterocycles. The summed E-state index contributed by atoms with van der Waals surface area (Å²) in [5, 5.41) is 45.8. The van der Waals surface area contributed by atoms with E-state index in [1.807, 2.05) is 6.92 Å². The number of benzene rings is 2. The Hall–Kier alpha value is -3.56. The number of hydrogen-bond acceptors (Lipinski definition) is 11. The summed E-state index contributed by atoms with van der Waals surface area (Å²) >= 11 is 12.8. The third-order valence-corrected chi connectivity index (χ3v) is 9.86. The summed E-state index contributed by atoms with van der Waals surface area (Å²) in [6, 6.07) is 9.06. The van der Waals surface area contributed by atoms with Gasteiger partial charge in [0.05, 0.1) is 22.7 Å². The molecule has 7 atom stereocenters. The second-order valence-electron chi connectivity index (χ2n) is 12.7. The first-order chi connectivity index (χ1) is 23.8. The highest BCUT2D eigenvalue weighted by atomic mass is 35.5. The molecule has 12 nitrogen and oxygen atoms in total. The number of ketones is 1. The van der Waals surface area contributed by atoms with Gasteiger partial charge >= 0.3 is 5.97 Å². The molecule has 1 amide bonds. The monoisotopic (exact) mass is 736 g/mol. The Morgan fingerprint density at radius 2 is 1.82 bits per heavy atom. The molecule has 0 bridgehead atoms. The molecule has 0 spiro atoms. The van der Waals surface area contributed by atoms with Crippen LogP contribution in [0.3, 0.4) is 0 Å². The van der Waals surface area contributed by atoms with E-state index in [0.717, 1.165) is 11.3 Å².